The molecule has 0 amide bonds. The minimum absolute atomic E-state index is 0.00528. The first kappa shape index (κ1) is 18.5. The maximum Gasteiger partial charge on any atom is 0.217 e. The molecule has 6 nitrogen and oxygen atoms in total. The molecule has 144 valence electrons. The van der Waals surface area contributed by atoms with Crippen molar-refractivity contribution in [2.75, 3.05) is 25.4 Å². The molecule has 2 aromatic heterocycles. The predicted octanol–water partition coefficient (Wildman–Crippen LogP) is 3.29. The first-order chi connectivity index (χ1) is 13.0. The van der Waals surface area contributed by atoms with Crippen LogP contribution < -0.4 is 4.74 Å². The van der Waals surface area contributed by atoms with Crippen molar-refractivity contribution in [3.05, 3.63) is 53.4 Å². The predicted molar refractivity (Wildman–Crippen MR) is 107 cm³/mol. The molecule has 0 bridgehead atoms. The average Bonchev–Trinajstić information content (AvgIpc) is 3.27. The molecule has 3 heterocycles. The van der Waals surface area contributed by atoms with Gasteiger partial charge < -0.3 is 4.74 Å². The fourth-order valence-electron chi connectivity index (χ4n) is 3.58. The minimum atomic E-state index is -3.30. The molecule has 0 unspecified atom stereocenters. The van der Waals surface area contributed by atoms with Gasteiger partial charge in [-0.15, -0.1) is 11.3 Å². The van der Waals surface area contributed by atoms with Crippen LogP contribution in [0.15, 0.2) is 41.9 Å². The summed E-state index contributed by atoms with van der Waals surface area (Å²) >= 11 is 1.70. The first-order valence-corrected chi connectivity index (χ1v) is 11.6. The molecule has 0 saturated carbocycles. The highest BCUT2D eigenvalue weighted by atomic mass is 32.2. The molecule has 0 N–H and O–H groups in total. The van der Waals surface area contributed by atoms with Crippen molar-refractivity contribution >= 4 is 26.2 Å². The Balaban J connectivity index is 1.34. The van der Waals surface area contributed by atoms with Crippen molar-refractivity contribution in [3.8, 4) is 5.75 Å². The molecular weight excluding hydrogens is 382 g/mol. The number of sulfonamides is 1. The third-order valence-corrected chi connectivity index (χ3v) is 7.77. The highest BCUT2D eigenvalue weighted by Crippen LogP contribution is 2.33. The van der Waals surface area contributed by atoms with E-state index in [1.165, 1.54) is 4.83 Å². The van der Waals surface area contributed by atoms with E-state index in [0.29, 0.717) is 24.8 Å². The van der Waals surface area contributed by atoms with Crippen LogP contribution in [0, 0.1) is 6.92 Å². The zero-order valence-corrected chi connectivity index (χ0v) is 16.9. The number of ether oxygens (including phenoxy) is 1. The van der Waals surface area contributed by atoms with Crippen molar-refractivity contribution in [2.45, 2.75) is 25.7 Å². The number of benzene rings is 1. The van der Waals surface area contributed by atoms with Crippen LogP contribution in [0.2, 0.25) is 0 Å². The first-order valence-electron chi connectivity index (χ1n) is 9.12. The Bertz CT molecular complexity index is 1000. The zero-order valence-electron chi connectivity index (χ0n) is 15.2. The van der Waals surface area contributed by atoms with Gasteiger partial charge in [-0.1, -0.05) is 18.2 Å². The molecule has 1 fully saturated rings. The molecule has 27 heavy (non-hydrogen) atoms. The van der Waals surface area contributed by atoms with E-state index in [4.69, 9.17) is 9.72 Å². The summed E-state index contributed by atoms with van der Waals surface area (Å²) in [5.74, 6) is 2.01. The van der Waals surface area contributed by atoms with Gasteiger partial charge in [0.25, 0.3) is 0 Å². The monoisotopic (exact) mass is 405 g/mol. The Hall–Kier alpha value is -1.90. The molecular formula is C19H23N3O3S2. The zero-order chi connectivity index (χ0) is 18.9. The third kappa shape index (κ3) is 3.88. The summed E-state index contributed by atoms with van der Waals surface area (Å²) < 4.78 is 34.5. The Morgan fingerprint density at radius 1 is 1.22 bits per heavy atom. The van der Waals surface area contributed by atoms with Crippen LogP contribution in [0.4, 0.5) is 0 Å². The van der Waals surface area contributed by atoms with Gasteiger partial charge in [0, 0.05) is 30.6 Å². The highest BCUT2D eigenvalue weighted by molar-refractivity contribution is 7.89. The van der Waals surface area contributed by atoms with E-state index < -0.39 is 10.0 Å². The summed E-state index contributed by atoms with van der Waals surface area (Å²) in [6, 6.07) is 9.31. The van der Waals surface area contributed by atoms with Crippen LogP contribution in [-0.4, -0.2) is 47.6 Å². The van der Waals surface area contributed by atoms with Crippen LogP contribution in [0.1, 0.15) is 30.3 Å². The van der Waals surface area contributed by atoms with E-state index >= 15 is 0 Å². The second-order valence-corrected chi connectivity index (χ2v) is 9.76. The average molecular weight is 406 g/mol. The van der Waals surface area contributed by atoms with Gasteiger partial charge in [-0.05, 0) is 31.9 Å². The van der Waals surface area contributed by atoms with Gasteiger partial charge in [0.1, 0.15) is 23.0 Å². The van der Waals surface area contributed by atoms with E-state index in [0.717, 1.165) is 24.4 Å². The van der Waals surface area contributed by atoms with Crippen LogP contribution in [-0.2, 0) is 10.0 Å². The van der Waals surface area contributed by atoms with E-state index in [-0.39, 0.29) is 12.4 Å². The summed E-state index contributed by atoms with van der Waals surface area (Å²) in [5, 5.41) is 2.07. The highest BCUT2D eigenvalue weighted by Gasteiger charge is 2.30. The number of imidazole rings is 1. The van der Waals surface area contributed by atoms with Gasteiger partial charge in [-0.2, -0.15) is 0 Å². The Labute approximate surface area is 163 Å². The van der Waals surface area contributed by atoms with Crippen molar-refractivity contribution in [1.82, 2.24) is 13.7 Å². The van der Waals surface area contributed by atoms with Crippen LogP contribution in [0.25, 0.3) is 4.83 Å². The molecule has 8 heteroatoms. The minimum Gasteiger partial charge on any atom is -0.492 e. The van der Waals surface area contributed by atoms with Gasteiger partial charge in [-0.25, -0.2) is 17.7 Å². The Morgan fingerprint density at radius 3 is 2.70 bits per heavy atom. The number of hydrogen-bond donors (Lipinski definition) is 0. The number of thiazole rings is 1. The molecule has 0 radical (unpaired) electrons. The van der Waals surface area contributed by atoms with Crippen LogP contribution in [0.3, 0.4) is 0 Å². The van der Waals surface area contributed by atoms with Crippen LogP contribution in [0.5, 0.6) is 5.75 Å². The maximum absolute atomic E-state index is 12.6. The lowest BCUT2D eigenvalue weighted by Crippen LogP contribution is -2.40. The number of nitrogens with zero attached hydrogens (tertiary/aromatic N) is 3. The lowest BCUT2D eigenvalue weighted by Gasteiger charge is -2.30. The largest absolute Gasteiger partial charge is 0.492 e. The van der Waals surface area contributed by atoms with E-state index in [1.54, 1.807) is 15.6 Å². The lowest BCUT2D eigenvalue weighted by atomic mass is 9.95. The smallest absolute Gasteiger partial charge is 0.217 e. The molecule has 1 saturated heterocycles. The number of fused-ring (bicyclic) bond motifs is 1. The van der Waals surface area contributed by atoms with Gasteiger partial charge in [-0.3, -0.25) is 4.40 Å². The summed E-state index contributed by atoms with van der Waals surface area (Å²) in [5.41, 5.74) is 1.12. The fraction of sp³-hybridized carbons (Fsp3) is 0.421. The summed E-state index contributed by atoms with van der Waals surface area (Å²) in [6.45, 7) is 3.27. The normalized spacial score (nSPS) is 16.8. The van der Waals surface area contributed by atoms with E-state index in [9.17, 15) is 8.42 Å². The van der Waals surface area contributed by atoms with Crippen molar-refractivity contribution in [3.63, 3.8) is 0 Å². The number of hydrogen-bond acceptors (Lipinski definition) is 5. The van der Waals surface area contributed by atoms with Gasteiger partial charge in [0.05, 0.1) is 11.4 Å². The molecule has 0 aliphatic carbocycles. The molecule has 1 aliphatic heterocycles. The second-order valence-electron chi connectivity index (χ2n) is 6.77. The number of rotatable bonds is 6. The third-order valence-electron chi connectivity index (χ3n) is 5.05. The molecule has 0 atom stereocenters. The SMILES string of the molecule is Cc1nc(C2CCN(S(=O)(=O)CCOc3ccccc3)CC2)c2sccn12. The maximum atomic E-state index is 12.6. The summed E-state index contributed by atoms with van der Waals surface area (Å²) in [6.07, 6.45) is 3.66. The molecule has 0 spiro atoms. The fourth-order valence-corrected chi connectivity index (χ4v) is 5.85. The summed E-state index contributed by atoms with van der Waals surface area (Å²) in [4.78, 5) is 5.91. The van der Waals surface area contributed by atoms with Gasteiger partial charge in [0.2, 0.25) is 10.0 Å². The molecule has 3 aromatic rings. The number of aromatic nitrogens is 2. The van der Waals surface area contributed by atoms with E-state index in [2.05, 4.69) is 9.78 Å². The van der Waals surface area contributed by atoms with Crippen molar-refractivity contribution < 1.29 is 13.2 Å². The number of aryl methyl sites for hydroxylation is 1. The molecule has 1 aliphatic rings. The van der Waals surface area contributed by atoms with Crippen LogP contribution >= 0.6 is 11.3 Å². The second kappa shape index (κ2) is 7.61. The van der Waals surface area contributed by atoms with Crippen molar-refractivity contribution in [2.24, 2.45) is 0 Å². The topological polar surface area (TPSA) is 63.9 Å². The van der Waals surface area contributed by atoms with E-state index in [1.807, 2.05) is 43.5 Å². The van der Waals surface area contributed by atoms with Gasteiger partial charge >= 0.3 is 0 Å². The number of para-hydroxylation sites is 1. The van der Waals surface area contributed by atoms with Gasteiger partial charge in [0.15, 0.2) is 0 Å². The Kier molecular flexibility index (Phi) is 5.21. The quantitative estimate of drug-likeness (QED) is 0.631. The standard InChI is InChI=1S/C19H23N3O3S2/c1-15-20-18(19-22(15)11-13-26-19)16-7-9-21(10-8-16)27(23,24)14-12-25-17-5-3-2-4-6-17/h2-6,11,13,16H,7-10,12,14H2,1H3. The molecule has 4 rings (SSSR count). The number of piperidine rings is 1. The lowest BCUT2D eigenvalue weighted by molar-refractivity contribution is 0.306. The summed E-state index contributed by atoms with van der Waals surface area (Å²) in [7, 11) is -3.30. The van der Waals surface area contributed by atoms with Crippen molar-refractivity contribution in [1.29, 1.82) is 0 Å². The Morgan fingerprint density at radius 2 is 1.96 bits per heavy atom. The molecule has 1 aromatic carbocycles.